The van der Waals surface area contributed by atoms with Crippen LogP contribution in [0.15, 0.2) is 35.2 Å². The number of carbonyl (C=O) groups is 1. The van der Waals surface area contributed by atoms with Crippen LogP contribution in [0.1, 0.15) is 34.8 Å². The first-order valence-electron chi connectivity index (χ1n) is 7.02. The molecule has 0 atom stereocenters. The zero-order valence-electron chi connectivity index (χ0n) is 12.1. The van der Waals surface area contributed by atoms with Crippen molar-refractivity contribution in [2.75, 3.05) is 6.61 Å². The summed E-state index contributed by atoms with van der Waals surface area (Å²) in [6.07, 6.45) is 2.75. The first-order valence-corrected chi connectivity index (χ1v) is 7.96. The second kappa shape index (κ2) is 5.74. The molecule has 21 heavy (non-hydrogen) atoms. The van der Waals surface area contributed by atoms with E-state index in [0.29, 0.717) is 12.2 Å². The molecular formula is C17H17NO2S. The van der Waals surface area contributed by atoms with Crippen molar-refractivity contribution in [2.24, 2.45) is 0 Å². The van der Waals surface area contributed by atoms with Crippen molar-refractivity contribution in [2.45, 2.75) is 20.3 Å². The van der Waals surface area contributed by atoms with Gasteiger partial charge in [0.1, 0.15) is 5.75 Å². The molecule has 0 radical (unpaired) electrons. The van der Waals surface area contributed by atoms with Crippen LogP contribution in [0, 0.1) is 6.92 Å². The van der Waals surface area contributed by atoms with Gasteiger partial charge in [-0.3, -0.25) is 4.79 Å². The number of aromatic nitrogens is 1. The summed E-state index contributed by atoms with van der Waals surface area (Å²) < 4.78 is 5.66. The molecule has 3 aromatic rings. The Morgan fingerprint density at radius 1 is 1.29 bits per heavy atom. The maximum absolute atomic E-state index is 12.7. The highest BCUT2D eigenvalue weighted by Crippen LogP contribution is 2.27. The average Bonchev–Trinajstić information content (AvgIpc) is 3.10. The summed E-state index contributed by atoms with van der Waals surface area (Å²) in [4.78, 5) is 15.8. The molecule has 0 aliphatic carbocycles. The fourth-order valence-electron chi connectivity index (χ4n) is 2.34. The zero-order valence-corrected chi connectivity index (χ0v) is 12.9. The van der Waals surface area contributed by atoms with Crippen molar-refractivity contribution < 1.29 is 9.53 Å². The van der Waals surface area contributed by atoms with Gasteiger partial charge in [-0.2, -0.15) is 11.3 Å². The van der Waals surface area contributed by atoms with Gasteiger partial charge >= 0.3 is 0 Å². The highest BCUT2D eigenvalue weighted by atomic mass is 32.1. The molecule has 2 heterocycles. The van der Waals surface area contributed by atoms with Crippen LogP contribution in [0.3, 0.4) is 0 Å². The molecule has 0 aliphatic heterocycles. The van der Waals surface area contributed by atoms with Crippen molar-refractivity contribution in [1.82, 2.24) is 4.98 Å². The maximum Gasteiger partial charge on any atom is 0.196 e. The van der Waals surface area contributed by atoms with E-state index in [0.717, 1.165) is 34.2 Å². The summed E-state index contributed by atoms with van der Waals surface area (Å²) in [6.45, 7) is 4.72. The van der Waals surface area contributed by atoms with Crippen LogP contribution in [-0.2, 0) is 0 Å². The predicted molar refractivity (Wildman–Crippen MR) is 86.6 cm³/mol. The van der Waals surface area contributed by atoms with Crippen LogP contribution in [0.25, 0.3) is 10.9 Å². The van der Waals surface area contributed by atoms with Gasteiger partial charge in [0.05, 0.1) is 6.61 Å². The molecular weight excluding hydrogens is 282 g/mol. The average molecular weight is 299 g/mol. The fraction of sp³-hybridized carbons (Fsp3) is 0.235. The summed E-state index contributed by atoms with van der Waals surface area (Å²) in [5, 5.41) is 4.82. The van der Waals surface area contributed by atoms with E-state index in [2.05, 4.69) is 11.9 Å². The van der Waals surface area contributed by atoms with Crippen LogP contribution < -0.4 is 4.74 Å². The molecule has 1 aromatic carbocycles. The smallest absolute Gasteiger partial charge is 0.196 e. The Balaban J connectivity index is 2.02. The second-order valence-corrected chi connectivity index (χ2v) is 5.80. The Bertz CT molecular complexity index is 785. The van der Waals surface area contributed by atoms with Crippen LogP contribution >= 0.6 is 11.3 Å². The minimum Gasteiger partial charge on any atom is -0.494 e. The number of rotatable bonds is 5. The Kier molecular flexibility index (Phi) is 3.80. The Hall–Kier alpha value is -2.07. The highest BCUT2D eigenvalue weighted by Gasteiger charge is 2.17. The monoisotopic (exact) mass is 299 g/mol. The Labute approximate surface area is 127 Å². The number of ether oxygens (including phenoxy) is 1. The molecule has 0 spiro atoms. The van der Waals surface area contributed by atoms with E-state index >= 15 is 0 Å². The summed E-state index contributed by atoms with van der Waals surface area (Å²) in [5.41, 5.74) is 3.46. The van der Waals surface area contributed by atoms with Crippen LogP contribution in [0.4, 0.5) is 0 Å². The minimum absolute atomic E-state index is 0.0626. The number of fused-ring (bicyclic) bond motifs is 1. The van der Waals surface area contributed by atoms with E-state index < -0.39 is 0 Å². The Morgan fingerprint density at radius 3 is 2.86 bits per heavy atom. The third-order valence-electron chi connectivity index (χ3n) is 3.47. The SMILES string of the molecule is CCCOc1ccc2[nH]cc(C(=O)c3cscc3C)c2c1. The van der Waals surface area contributed by atoms with Gasteiger partial charge in [0.15, 0.2) is 5.78 Å². The van der Waals surface area contributed by atoms with Gasteiger partial charge in [-0.25, -0.2) is 0 Å². The van der Waals surface area contributed by atoms with E-state index in [-0.39, 0.29) is 5.78 Å². The number of thiophene rings is 1. The topological polar surface area (TPSA) is 42.1 Å². The standard InChI is InChI=1S/C17H17NO2S/c1-3-6-20-12-4-5-16-13(7-12)14(8-18-16)17(19)15-10-21-9-11(15)2/h4-5,7-10,18H,3,6H2,1-2H3. The summed E-state index contributed by atoms with van der Waals surface area (Å²) in [5.74, 6) is 0.868. The maximum atomic E-state index is 12.7. The van der Waals surface area contributed by atoms with E-state index in [4.69, 9.17) is 4.74 Å². The predicted octanol–water partition coefficient (Wildman–Crippen LogP) is 4.56. The lowest BCUT2D eigenvalue weighted by atomic mass is 10.0. The first kappa shape index (κ1) is 13.9. The van der Waals surface area contributed by atoms with E-state index in [1.807, 2.05) is 35.9 Å². The largest absolute Gasteiger partial charge is 0.494 e. The molecule has 0 saturated carbocycles. The lowest BCUT2D eigenvalue weighted by Gasteiger charge is -2.05. The van der Waals surface area contributed by atoms with Gasteiger partial charge in [-0.05, 0) is 42.5 Å². The van der Waals surface area contributed by atoms with Gasteiger partial charge in [-0.1, -0.05) is 6.92 Å². The van der Waals surface area contributed by atoms with Gasteiger partial charge in [-0.15, -0.1) is 0 Å². The number of hydrogen-bond acceptors (Lipinski definition) is 3. The van der Waals surface area contributed by atoms with Gasteiger partial charge < -0.3 is 9.72 Å². The van der Waals surface area contributed by atoms with Gasteiger partial charge in [0, 0.05) is 33.6 Å². The van der Waals surface area contributed by atoms with Gasteiger partial charge in [0.2, 0.25) is 0 Å². The number of nitrogens with one attached hydrogen (secondary N) is 1. The van der Waals surface area contributed by atoms with Crippen molar-refractivity contribution in [3.05, 3.63) is 51.8 Å². The number of carbonyl (C=O) groups excluding carboxylic acids is 1. The summed E-state index contributed by atoms with van der Waals surface area (Å²) in [7, 11) is 0. The number of ketones is 1. The molecule has 0 unspecified atom stereocenters. The van der Waals surface area contributed by atoms with Crippen molar-refractivity contribution in [3.63, 3.8) is 0 Å². The molecule has 1 N–H and O–H groups in total. The Morgan fingerprint density at radius 2 is 2.14 bits per heavy atom. The molecule has 0 fully saturated rings. The molecule has 3 rings (SSSR count). The third-order valence-corrected chi connectivity index (χ3v) is 4.33. The summed E-state index contributed by atoms with van der Waals surface area (Å²) >= 11 is 1.56. The molecule has 108 valence electrons. The normalized spacial score (nSPS) is 11.0. The van der Waals surface area contributed by atoms with Crippen LogP contribution in [-0.4, -0.2) is 17.4 Å². The highest BCUT2D eigenvalue weighted by molar-refractivity contribution is 7.08. The molecule has 3 nitrogen and oxygen atoms in total. The van der Waals surface area contributed by atoms with Crippen LogP contribution in [0.5, 0.6) is 5.75 Å². The van der Waals surface area contributed by atoms with Crippen molar-refractivity contribution in [3.8, 4) is 5.75 Å². The summed E-state index contributed by atoms with van der Waals surface area (Å²) in [6, 6.07) is 5.83. The molecule has 2 aromatic heterocycles. The molecule has 0 saturated heterocycles. The third kappa shape index (κ3) is 2.59. The number of H-pyrrole nitrogens is 1. The van der Waals surface area contributed by atoms with Crippen LogP contribution in [0.2, 0.25) is 0 Å². The fourth-order valence-corrected chi connectivity index (χ4v) is 3.16. The number of benzene rings is 1. The zero-order chi connectivity index (χ0) is 14.8. The molecule has 0 amide bonds. The van der Waals surface area contributed by atoms with Crippen molar-refractivity contribution >= 4 is 28.0 Å². The van der Waals surface area contributed by atoms with E-state index in [1.54, 1.807) is 17.5 Å². The lowest BCUT2D eigenvalue weighted by Crippen LogP contribution is -2.00. The number of aryl methyl sites for hydroxylation is 1. The number of hydrogen-bond donors (Lipinski definition) is 1. The quantitative estimate of drug-likeness (QED) is 0.702. The van der Waals surface area contributed by atoms with Gasteiger partial charge in [0.25, 0.3) is 0 Å². The molecule has 0 aliphatic rings. The number of aromatic amines is 1. The molecule has 0 bridgehead atoms. The first-order chi connectivity index (χ1) is 10.2. The lowest BCUT2D eigenvalue weighted by molar-refractivity contribution is 0.104. The minimum atomic E-state index is 0.0626. The van der Waals surface area contributed by atoms with E-state index in [9.17, 15) is 4.79 Å². The van der Waals surface area contributed by atoms with Crippen molar-refractivity contribution in [1.29, 1.82) is 0 Å². The molecule has 4 heteroatoms. The second-order valence-electron chi connectivity index (χ2n) is 5.06. The van der Waals surface area contributed by atoms with E-state index in [1.165, 1.54) is 0 Å².